The van der Waals surface area contributed by atoms with Crippen LogP contribution in [-0.2, 0) is 6.54 Å². The minimum Gasteiger partial charge on any atom is -0.395 e. The molecule has 3 heterocycles. The molecule has 168 valence electrons. The number of amides is 1. The molecule has 1 aliphatic rings. The van der Waals surface area contributed by atoms with Crippen molar-refractivity contribution in [3.8, 4) is 0 Å². The molecule has 1 amide bonds. The van der Waals surface area contributed by atoms with E-state index in [2.05, 4.69) is 10.4 Å². The molecule has 0 saturated carbocycles. The fourth-order valence-corrected chi connectivity index (χ4v) is 3.64. The van der Waals surface area contributed by atoms with E-state index in [9.17, 15) is 24.1 Å². The molecule has 1 N–H and O–H groups in total. The van der Waals surface area contributed by atoms with Crippen LogP contribution in [-0.4, -0.2) is 33.7 Å². The fourth-order valence-electron chi connectivity index (χ4n) is 3.64. The second-order valence-corrected chi connectivity index (χ2v) is 7.30. The number of benzene rings is 1. The molecule has 0 unspecified atom stereocenters. The third-order valence-electron chi connectivity index (χ3n) is 5.31. The Hall–Kier alpha value is -3.96. The van der Waals surface area contributed by atoms with Gasteiger partial charge in [-0.3, -0.25) is 14.9 Å². The van der Waals surface area contributed by atoms with Gasteiger partial charge in [0.15, 0.2) is 5.76 Å². The number of anilines is 2. The number of piperidine rings is 1. The maximum Gasteiger partial charge on any atom is 0.437 e. The van der Waals surface area contributed by atoms with Crippen molar-refractivity contribution in [2.75, 3.05) is 23.3 Å². The number of rotatable bonds is 6. The van der Waals surface area contributed by atoms with Crippen LogP contribution < -0.4 is 16.0 Å². The van der Waals surface area contributed by atoms with Gasteiger partial charge in [0.1, 0.15) is 10.7 Å². The summed E-state index contributed by atoms with van der Waals surface area (Å²) < 4.78 is 26.1. The van der Waals surface area contributed by atoms with Gasteiger partial charge in [-0.1, -0.05) is 0 Å². The molecule has 12 heteroatoms. The van der Waals surface area contributed by atoms with Crippen LogP contribution in [0.3, 0.4) is 0 Å². The third kappa shape index (κ3) is 4.24. The van der Waals surface area contributed by atoms with E-state index < -0.39 is 28.3 Å². The van der Waals surface area contributed by atoms with Crippen LogP contribution in [0.15, 0.2) is 44.0 Å². The first-order valence-corrected chi connectivity index (χ1v) is 10.0. The molecule has 0 radical (unpaired) electrons. The number of carbonyl (C=O) groups excluding carboxylic acids is 1. The Labute approximate surface area is 180 Å². The lowest BCUT2D eigenvalue weighted by atomic mass is 9.96. The van der Waals surface area contributed by atoms with Gasteiger partial charge in [-0.05, 0) is 44.0 Å². The summed E-state index contributed by atoms with van der Waals surface area (Å²) in [4.78, 5) is 35.6. The molecule has 2 aromatic heterocycles. The number of hydrogen-bond acceptors (Lipinski definition) is 8. The summed E-state index contributed by atoms with van der Waals surface area (Å²) in [5.41, 5.74) is 0.577. The highest BCUT2D eigenvalue weighted by molar-refractivity contribution is 6.02. The normalized spacial score (nSPS) is 14.5. The Morgan fingerprint density at radius 1 is 1.28 bits per heavy atom. The van der Waals surface area contributed by atoms with Crippen LogP contribution in [0.5, 0.6) is 0 Å². The maximum absolute atomic E-state index is 14.7. The Morgan fingerprint density at radius 2 is 2.03 bits per heavy atom. The van der Waals surface area contributed by atoms with E-state index in [0.717, 1.165) is 6.07 Å². The van der Waals surface area contributed by atoms with E-state index in [1.807, 2.05) is 11.8 Å². The number of hydrogen-bond donors (Lipinski definition) is 1. The lowest BCUT2D eigenvalue weighted by Gasteiger charge is -2.32. The van der Waals surface area contributed by atoms with Crippen molar-refractivity contribution >= 4 is 23.2 Å². The first-order chi connectivity index (χ1) is 15.4. The zero-order valence-electron chi connectivity index (χ0n) is 17.1. The molecule has 4 rings (SSSR count). The summed E-state index contributed by atoms with van der Waals surface area (Å²) in [6.45, 7) is 3.34. The van der Waals surface area contributed by atoms with Crippen LogP contribution in [0.25, 0.3) is 0 Å². The number of carbonyl (C=O) groups is 1. The van der Waals surface area contributed by atoms with Crippen molar-refractivity contribution in [1.29, 1.82) is 0 Å². The zero-order valence-corrected chi connectivity index (χ0v) is 17.1. The van der Waals surface area contributed by atoms with Gasteiger partial charge >= 0.3 is 11.6 Å². The van der Waals surface area contributed by atoms with Gasteiger partial charge in [0.25, 0.3) is 5.91 Å². The number of aryl methyl sites for hydroxylation is 1. The Bertz CT molecular complexity index is 1210. The first-order valence-electron chi connectivity index (χ1n) is 10.0. The summed E-state index contributed by atoms with van der Waals surface area (Å²) in [7, 11) is 0. The molecule has 0 spiro atoms. The number of nitrogens with zero attached hydrogens (tertiary/aromatic N) is 4. The minimum absolute atomic E-state index is 0.00859. The molecular weight excluding hydrogens is 425 g/mol. The van der Waals surface area contributed by atoms with Gasteiger partial charge in [-0.25, -0.2) is 9.18 Å². The van der Waals surface area contributed by atoms with Crippen LogP contribution in [0, 0.1) is 15.9 Å². The Morgan fingerprint density at radius 3 is 2.62 bits per heavy atom. The van der Waals surface area contributed by atoms with Crippen molar-refractivity contribution in [3.05, 3.63) is 68.5 Å². The second kappa shape index (κ2) is 8.65. The lowest BCUT2D eigenvalue weighted by molar-refractivity contribution is -0.402. The lowest BCUT2D eigenvalue weighted by Crippen LogP contribution is -2.33. The predicted octanol–water partition coefficient (Wildman–Crippen LogP) is 3.13. The molecular formula is C20H20FN5O6. The molecule has 11 nitrogen and oxygen atoms in total. The van der Waals surface area contributed by atoms with E-state index in [1.54, 1.807) is 12.1 Å². The molecule has 1 aromatic carbocycles. The molecule has 1 aliphatic heterocycles. The van der Waals surface area contributed by atoms with Gasteiger partial charge in [0.05, 0.1) is 11.8 Å². The number of nitro groups is 1. The molecule has 0 atom stereocenters. The Kier molecular flexibility index (Phi) is 5.75. The highest BCUT2D eigenvalue weighted by Gasteiger charge is 2.27. The standard InChI is InChI=1S/C20H20FN5O6/c1-2-25-20(28)32-19(23-25)12-7-9-24(10-8-12)15-4-3-13(11-14(15)21)22-18(27)16-5-6-17(31-16)26(29)30/h3-6,11-12H,2,7-10H2,1H3,(H,22,27). The molecule has 1 fully saturated rings. The quantitative estimate of drug-likeness (QED) is 0.451. The molecule has 0 aliphatic carbocycles. The molecule has 1 saturated heterocycles. The van der Waals surface area contributed by atoms with E-state index in [4.69, 9.17) is 8.83 Å². The summed E-state index contributed by atoms with van der Waals surface area (Å²) in [6, 6.07) is 6.52. The average Bonchev–Trinajstić information content (AvgIpc) is 3.41. The highest BCUT2D eigenvalue weighted by Crippen LogP contribution is 2.31. The van der Waals surface area contributed by atoms with E-state index in [1.165, 1.54) is 16.8 Å². The third-order valence-corrected chi connectivity index (χ3v) is 5.31. The number of aromatic nitrogens is 2. The van der Waals surface area contributed by atoms with Crippen molar-refractivity contribution < 1.29 is 22.9 Å². The van der Waals surface area contributed by atoms with Gasteiger partial charge in [0, 0.05) is 31.2 Å². The Balaban J connectivity index is 1.39. The van der Waals surface area contributed by atoms with Gasteiger partial charge < -0.3 is 19.1 Å². The van der Waals surface area contributed by atoms with Crippen molar-refractivity contribution in [3.63, 3.8) is 0 Å². The van der Waals surface area contributed by atoms with Crippen molar-refractivity contribution in [1.82, 2.24) is 9.78 Å². The smallest absolute Gasteiger partial charge is 0.395 e. The number of furan rings is 1. The summed E-state index contributed by atoms with van der Waals surface area (Å²) in [5.74, 6) is -2.12. The predicted molar refractivity (Wildman–Crippen MR) is 110 cm³/mol. The topological polar surface area (TPSA) is 137 Å². The van der Waals surface area contributed by atoms with E-state index in [0.29, 0.717) is 44.1 Å². The van der Waals surface area contributed by atoms with Crippen molar-refractivity contribution in [2.24, 2.45) is 0 Å². The summed E-state index contributed by atoms with van der Waals surface area (Å²) in [6.07, 6.45) is 1.30. The van der Waals surface area contributed by atoms with Crippen LogP contribution in [0.4, 0.5) is 21.6 Å². The maximum atomic E-state index is 14.7. The number of halogens is 1. The SMILES string of the molecule is CCn1nc(C2CCN(c3ccc(NC(=O)c4ccc([N+](=O)[O-])o4)cc3F)CC2)oc1=O. The van der Waals surface area contributed by atoms with Gasteiger partial charge in [0.2, 0.25) is 5.89 Å². The summed E-state index contributed by atoms with van der Waals surface area (Å²) in [5, 5.41) is 17.3. The van der Waals surface area contributed by atoms with Crippen LogP contribution in [0.2, 0.25) is 0 Å². The van der Waals surface area contributed by atoms with E-state index in [-0.39, 0.29) is 17.4 Å². The zero-order chi connectivity index (χ0) is 22.8. The first kappa shape index (κ1) is 21.3. The van der Waals surface area contributed by atoms with Gasteiger partial charge in [-0.15, -0.1) is 5.10 Å². The minimum atomic E-state index is -0.752. The van der Waals surface area contributed by atoms with Crippen LogP contribution >= 0.6 is 0 Å². The number of nitrogens with one attached hydrogen (secondary N) is 1. The average molecular weight is 445 g/mol. The van der Waals surface area contributed by atoms with E-state index >= 15 is 0 Å². The monoisotopic (exact) mass is 445 g/mol. The van der Waals surface area contributed by atoms with Gasteiger partial charge in [-0.2, -0.15) is 4.68 Å². The summed E-state index contributed by atoms with van der Waals surface area (Å²) >= 11 is 0. The molecule has 0 bridgehead atoms. The fraction of sp³-hybridized carbons (Fsp3) is 0.350. The molecule has 32 heavy (non-hydrogen) atoms. The highest BCUT2D eigenvalue weighted by atomic mass is 19.1. The largest absolute Gasteiger partial charge is 0.437 e. The van der Waals surface area contributed by atoms with Crippen molar-refractivity contribution in [2.45, 2.75) is 32.2 Å². The second-order valence-electron chi connectivity index (χ2n) is 7.30. The molecule has 3 aromatic rings. The van der Waals surface area contributed by atoms with Crippen LogP contribution in [0.1, 0.15) is 42.1 Å².